The minimum absolute atomic E-state index is 0. The van der Waals surface area contributed by atoms with E-state index in [9.17, 15) is 5.11 Å². The summed E-state index contributed by atoms with van der Waals surface area (Å²) < 4.78 is 5.55. The number of hydrogen-bond donors (Lipinski definition) is 3. The van der Waals surface area contributed by atoms with Crippen molar-refractivity contribution in [1.29, 1.82) is 0 Å². The molecule has 0 aliphatic rings. The van der Waals surface area contributed by atoms with E-state index < -0.39 is 5.60 Å². The second-order valence-corrected chi connectivity index (χ2v) is 7.92. The molecule has 0 spiro atoms. The van der Waals surface area contributed by atoms with Crippen LogP contribution in [0.3, 0.4) is 0 Å². The van der Waals surface area contributed by atoms with E-state index >= 15 is 0 Å². The molecule has 0 saturated carbocycles. The van der Waals surface area contributed by atoms with E-state index in [1.165, 1.54) is 0 Å². The second-order valence-electron chi connectivity index (χ2n) is 7.92. The Kier molecular flexibility index (Phi) is 11.6. The fourth-order valence-corrected chi connectivity index (χ4v) is 3.06. The fourth-order valence-electron chi connectivity index (χ4n) is 3.06. The summed E-state index contributed by atoms with van der Waals surface area (Å²) >= 11 is 0. The summed E-state index contributed by atoms with van der Waals surface area (Å²) in [5.74, 6) is 2.90. The van der Waals surface area contributed by atoms with Gasteiger partial charge in [0.15, 0.2) is 5.96 Å². The number of aryl methyl sites for hydroxylation is 2. The molecular formula is C20H39IN4O2. The van der Waals surface area contributed by atoms with Crippen LogP contribution in [0.25, 0.3) is 0 Å². The van der Waals surface area contributed by atoms with Crippen molar-refractivity contribution in [3.8, 4) is 0 Å². The highest BCUT2D eigenvalue weighted by Crippen LogP contribution is 2.27. The van der Waals surface area contributed by atoms with E-state index in [0.29, 0.717) is 12.0 Å². The van der Waals surface area contributed by atoms with Gasteiger partial charge in [0.05, 0.1) is 6.54 Å². The smallest absolute Gasteiger partial charge is 0.191 e. The van der Waals surface area contributed by atoms with Gasteiger partial charge in [-0.05, 0) is 60.2 Å². The lowest BCUT2D eigenvalue weighted by atomic mass is 9.96. The van der Waals surface area contributed by atoms with E-state index in [-0.39, 0.29) is 30.5 Å². The van der Waals surface area contributed by atoms with Crippen molar-refractivity contribution in [3.63, 3.8) is 0 Å². The van der Waals surface area contributed by atoms with Gasteiger partial charge in [0.25, 0.3) is 0 Å². The van der Waals surface area contributed by atoms with Gasteiger partial charge in [-0.3, -0.25) is 0 Å². The first-order valence-electron chi connectivity index (χ1n) is 9.55. The van der Waals surface area contributed by atoms with E-state index in [2.05, 4.69) is 48.5 Å². The molecule has 1 heterocycles. The third-order valence-electron chi connectivity index (χ3n) is 4.49. The van der Waals surface area contributed by atoms with Crippen LogP contribution in [0.4, 0.5) is 0 Å². The van der Waals surface area contributed by atoms with E-state index in [1.54, 1.807) is 6.92 Å². The number of halogens is 1. The van der Waals surface area contributed by atoms with Gasteiger partial charge in [-0.2, -0.15) is 0 Å². The van der Waals surface area contributed by atoms with Crippen LogP contribution in [-0.4, -0.2) is 55.7 Å². The molecule has 2 unspecified atom stereocenters. The van der Waals surface area contributed by atoms with Gasteiger partial charge in [-0.15, -0.1) is 24.0 Å². The lowest BCUT2D eigenvalue weighted by Gasteiger charge is -2.27. The summed E-state index contributed by atoms with van der Waals surface area (Å²) in [6.45, 7) is 13.9. The lowest BCUT2D eigenvalue weighted by Crippen LogP contribution is -2.46. The van der Waals surface area contributed by atoms with Crippen LogP contribution < -0.4 is 10.6 Å². The Balaban J connectivity index is 0.00000676. The molecule has 0 aliphatic carbocycles. The van der Waals surface area contributed by atoms with E-state index in [4.69, 9.17) is 4.42 Å². The number of nitrogens with zero attached hydrogens (tertiary/aromatic N) is 2. The average Bonchev–Trinajstić information content (AvgIpc) is 2.87. The first-order chi connectivity index (χ1) is 12.1. The number of likely N-dealkylation sites (N-methyl/N-ethyl adjacent to an activating group) is 1. The van der Waals surface area contributed by atoms with Gasteiger partial charge >= 0.3 is 0 Å². The molecule has 1 aromatic heterocycles. The Morgan fingerprint density at radius 1 is 1.30 bits per heavy atom. The Bertz CT molecular complexity index is 583. The van der Waals surface area contributed by atoms with Crippen LogP contribution in [0.5, 0.6) is 0 Å². The van der Waals surface area contributed by atoms with Gasteiger partial charge in [0.1, 0.15) is 17.1 Å². The van der Waals surface area contributed by atoms with Crippen LogP contribution in [0.1, 0.15) is 51.2 Å². The Hall–Kier alpha value is -0.800. The molecule has 2 atom stereocenters. The van der Waals surface area contributed by atoms with Crippen molar-refractivity contribution in [2.24, 2.45) is 10.9 Å². The second kappa shape index (κ2) is 11.9. The number of nitrogens with one attached hydrogen (secondary N) is 2. The molecule has 0 aliphatic heterocycles. The van der Waals surface area contributed by atoms with Crippen molar-refractivity contribution in [3.05, 3.63) is 23.2 Å². The maximum Gasteiger partial charge on any atom is 0.191 e. The molecule has 158 valence electrons. The first kappa shape index (κ1) is 26.2. The molecule has 0 fully saturated rings. The minimum Gasteiger partial charge on any atom is -0.466 e. The Labute approximate surface area is 182 Å². The van der Waals surface area contributed by atoms with Crippen LogP contribution in [-0.2, 0) is 5.60 Å². The molecule has 0 radical (unpaired) electrons. The monoisotopic (exact) mass is 494 g/mol. The van der Waals surface area contributed by atoms with E-state index in [1.807, 2.05) is 26.8 Å². The molecule has 1 aromatic rings. The summed E-state index contributed by atoms with van der Waals surface area (Å²) in [6.07, 6.45) is 1.12. The topological polar surface area (TPSA) is 73.0 Å². The molecule has 0 saturated heterocycles. The number of rotatable bonds is 9. The highest BCUT2D eigenvalue weighted by molar-refractivity contribution is 14.0. The molecular weight excluding hydrogens is 455 g/mol. The molecule has 7 heteroatoms. The molecule has 0 aromatic carbocycles. The van der Waals surface area contributed by atoms with Crippen LogP contribution in [0.2, 0.25) is 0 Å². The number of aliphatic hydroxyl groups is 1. The predicted molar refractivity (Wildman–Crippen MR) is 124 cm³/mol. The minimum atomic E-state index is -1.07. The van der Waals surface area contributed by atoms with Crippen LogP contribution >= 0.6 is 24.0 Å². The Morgan fingerprint density at radius 2 is 1.93 bits per heavy atom. The van der Waals surface area contributed by atoms with Gasteiger partial charge in [0.2, 0.25) is 0 Å². The number of hydrogen-bond acceptors (Lipinski definition) is 4. The van der Waals surface area contributed by atoms with Gasteiger partial charge in [0, 0.05) is 24.7 Å². The molecule has 0 amide bonds. The zero-order valence-electron chi connectivity index (χ0n) is 18.2. The zero-order valence-corrected chi connectivity index (χ0v) is 20.5. The molecule has 0 bridgehead atoms. The SMILES string of the molecule is CCNC(=NCC(C)(O)c1cc(C)oc1C)NCC(CC(C)C)N(C)C.I. The largest absolute Gasteiger partial charge is 0.466 e. The lowest BCUT2D eigenvalue weighted by molar-refractivity contribution is 0.0657. The predicted octanol–water partition coefficient (Wildman–Crippen LogP) is 3.25. The summed E-state index contributed by atoms with van der Waals surface area (Å²) in [6, 6.07) is 2.31. The standard InChI is InChI=1S/C20H38N4O2.HI/c1-9-21-19(22-12-17(24(7)8)10-14(2)3)23-13-20(6,25)18-11-15(4)26-16(18)5;/h11,14,17,25H,9-10,12-13H2,1-8H3,(H2,21,22,23);1H. The molecule has 3 N–H and O–H groups in total. The highest BCUT2D eigenvalue weighted by Gasteiger charge is 2.27. The molecule has 27 heavy (non-hydrogen) atoms. The highest BCUT2D eigenvalue weighted by atomic mass is 127. The Morgan fingerprint density at radius 3 is 2.37 bits per heavy atom. The van der Waals surface area contributed by atoms with Crippen molar-refractivity contribution in [2.75, 3.05) is 33.7 Å². The van der Waals surface area contributed by atoms with Crippen molar-refractivity contribution < 1.29 is 9.52 Å². The van der Waals surface area contributed by atoms with Crippen molar-refractivity contribution in [1.82, 2.24) is 15.5 Å². The first-order valence-corrected chi connectivity index (χ1v) is 9.55. The van der Waals surface area contributed by atoms with Gasteiger partial charge in [-0.25, -0.2) is 4.99 Å². The summed E-state index contributed by atoms with van der Waals surface area (Å²) in [7, 11) is 4.21. The number of aliphatic imine (C=N–C) groups is 1. The maximum atomic E-state index is 10.9. The quantitative estimate of drug-likeness (QED) is 0.279. The molecule has 1 rings (SSSR count). The van der Waals surface area contributed by atoms with Crippen LogP contribution in [0.15, 0.2) is 15.5 Å². The number of guanidine groups is 1. The zero-order chi connectivity index (χ0) is 19.9. The third-order valence-corrected chi connectivity index (χ3v) is 4.49. The van der Waals surface area contributed by atoms with Gasteiger partial charge in [-0.1, -0.05) is 13.8 Å². The maximum absolute atomic E-state index is 10.9. The third kappa shape index (κ3) is 8.83. The average molecular weight is 494 g/mol. The number of furan rings is 1. The normalized spacial score (nSPS) is 15.4. The summed E-state index contributed by atoms with van der Waals surface area (Å²) in [5.41, 5.74) is -0.274. The summed E-state index contributed by atoms with van der Waals surface area (Å²) in [5, 5.41) is 17.5. The summed E-state index contributed by atoms with van der Waals surface area (Å²) in [4.78, 5) is 6.85. The molecule has 6 nitrogen and oxygen atoms in total. The van der Waals surface area contributed by atoms with Crippen molar-refractivity contribution >= 4 is 29.9 Å². The van der Waals surface area contributed by atoms with Crippen LogP contribution in [0, 0.1) is 19.8 Å². The van der Waals surface area contributed by atoms with Crippen molar-refractivity contribution in [2.45, 2.75) is 59.6 Å². The van der Waals surface area contributed by atoms with E-state index in [0.717, 1.165) is 42.6 Å². The fraction of sp³-hybridized carbons (Fsp3) is 0.750. The van der Waals surface area contributed by atoms with Gasteiger partial charge < -0.3 is 25.1 Å².